The number of hydrogen-bond donors (Lipinski definition) is 1. The van der Waals surface area contributed by atoms with Crippen LogP contribution in [-0.2, 0) is 0 Å². The molecule has 1 aliphatic carbocycles. The second-order valence-corrected chi connectivity index (χ2v) is 4.06. The largest absolute Gasteiger partial charge is 0.276 e. The molecule has 0 saturated carbocycles. The molecule has 0 amide bonds. The van der Waals surface area contributed by atoms with E-state index in [-0.39, 0.29) is 5.69 Å². The van der Waals surface area contributed by atoms with Gasteiger partial charge in [-0.3, -0.25) is 5.43 Å². The highest BCUT2D eigenvalue weighted by Crippen LogP contribution is 2.17. The van der Waals surface area contributed by atoms with Crippen LogP contribution in [0.3, 0.4) is 0 Å². The Morgan fingerprint density at radius 3 is 2.88 bits per heavy atom. The third-order valence-corrected chi connectivity index (χ3v) is 2.71. The van der Waals surface area contributed by atoms with E-state index in [1.54, 1.807) is 6.21 Å². The summed E-state index contributed by atoms with van der Waals surface area (Å²) in [5.74, 6) is -0.823. The smallest absolute Gasteiger partial charge is 0.151 e. The predicted molar refractivity (Wildman–Crippen MR) is 65.0 cm³/mol. The molecule has 0 saturated heterocycles. The number of allylic oxidation sites excluding steroid dienone is 2. The number of hydrazone groups is 1. The van der Waals surface area contributed by atoms with Crippen LogP contribution in [0, 0.1) is 17.6 Å². The van der Waals surface area contributed by atoms with Crippen molar-refractivity contribution in [2.24, 2.45) is 11.0 Å². The molecule has 0 unspecified atom stereocenters. The molecule has 0 aromatic heterocycles. The third kappa shape index (κ3) is 3.37. The van der Waals surface area contributed by atoms with Crippen LogP contribution in [0.2, 0.25) is 0 Å². The Kier molecular flexibility index (Phi) is 3.85. The maximum absolute atomic E-state index is 13.2. The summed E-state index contributed by atoms with van der Waals surface area (Å²) in [4.78, 5) is 0. The van der Waals surface area contributed by atoms with E-state index in [0.717, 1.165) is 25.3 Å². The highest BCUT2D eigenvalue weighted by molar-refractivity contribution is 5.63. The number of rotatable bonds is 3. The lowest BCUT2D eigenvalue weighted by Gasteiger charge is -2.12. The molecule has 1 aromatic rings. The van der Waals surface area contributed by atoms with Gasteiger partial charge in [0.05, 0.1) is 5.69 Å². The number of nitrogens with zero attached hydrogens (tertiary/aromatic N) is 1. The van der Waals surface area contributed by atoms with Crippen molar-refractivity contribution in [1.82, 2.24) is 0 Å². The number of hydrogen-bond acceptors (Lipinski definition) is 2. The number of anilines is 1. The van der Waals surface area contributed by atoms with Crippen molar-refractivity contribution in [3.05, 3.63) is 42.0 Å². The molecule has 90 valence electrons. The first-order chi connectivity index (χ1) is 8.25. The maximum Gasteiger partial charge on any atom is 0.151 e. The van der Waals surface area contributed by atoms with Gasteiger partial charge in [-0.2, -0.15) is 5.10 Å². The maximum atomic E-state index is 13.2. The molecule has 1 N–H and O–H groups in total. The van der Waals surface area contributed by atoms with Crippen LogP contribution in [0.4, 0.5) is 14.5 Å². The van der Waals surface area contributed by atoms with Gasteiger partial charge in [0.1, 0.15) is 5.82 Å². The van der Waals surface area contributed by atoms with Crippen LogP contribution in [0.25, 0.3) is 0 Å². The van der Waals surface area contributed by atoms with Crippen molar-refractivity contribution < 1.29 is 8.78 Å². The highest BCUT2D eigenvalue weighted by Gasteiger charge is 2.06. The predicted octanol–water partition coefficient (Wildman–Crippen LogP) is 3.72. The standard InChI is InChI=1S/C13H14F2N2/c14-11-6-7-13(12(15)8-11)17-16-9-10-4-2-1-3-5-10/h1-2,6-10,17H,3-5H2/b16-9-/t10-/m0/s1. The quantitative estimate of drug-likeness (QED) is 0.483. The fourth-order valence-electron chi connectivity index (χ4n) is 1.74. The first-order valence-corrected chi connectivity index (χ1v) is 5.65. The van der Waals surface area contributed by atoms with Gasteiger partial charge in [-0.25, -0.2) is 8.78 Å². The monoisotopic (exact) mass is 236 g/mol. The summed E-state index contributed by atoms with van der Waals surface area (Å²) in [5, 5.41) is 3.98. The van der Waals surface area contributed by atoms with Crippen molar-refractivity contribution in [3.8, 4) is 0 Å². The van der Waals surface area contributed by atoms with E-state index < -0.39 is 11.6 Å². The minimum Gasteiger partial charge on any atom is -0.276 e. The summed E-state index contributed by atoms with van der Waals surface area (Å²) in [6.07, 6.45) is 9.15. The Bertz CT molecular complexity index is 441. The molecule has 17 heavy (non-hydrogen) atoms. The van der Waals surface area contributed by atoms with Crippen molar-refractivity contribution >= 4 is 11.9 Å². The van der Waals surface area contributed by atoms with Crippen molar-refractivity contribution in [2.45, 2.75) is 19.3 Å². The number of benzene rings is 1. The molecule has 1 aromatic carbocycles. The highest BCUT2D eigenvalue weighted by atomic mass is 19.1. The van der Waals surface area contributed by atoms with Crippen LogP contribution < -0.4 is 5.43 Å². The molecule has 1 aliphatic rings. The Hall–Kier alpha value is -1.71. The van der Waals surface area contributed by atoms with Gasteiger partial charge in [0.15, 0.2) is 5.82 Å². The molecule has 1 atom stereocenters. The second kappa shape index (κ2) is 5.57. The molecule has 0 aliphatic heterocycles. The summed E-state index contributed by atoms with van der Waals surface area (Å²) in [6.45, 7) is 0. The van der Waals surface area contributed by atoms with Crippen molar-refractivity contribution in [3.63, 3.8) is 0 Å². The summed E-state index contributed by atoms with van der Waals surface area (Å²) in [5.41, 5.74) is 2.78. The fraction of sp³-hybridized carbons (Fsp3) is 0.308. The van der Waals surface area contributed by atoms with E-state index in [4.69, 9.17) is 0 Å². The van der Waals surface area contributed by atoms with E-state index in [0.29, 0.717) is 5.92 Å². The zero-order valence-corrected chi connectivity index (χ0v) is 9.37. The van der Waals surface area contributed by atoms with Gasteiger partial charge in [0.2, 0.25) is 0 Å². The van der Waals surface area contributed by atoms with Gasteiger partial charge in [-0.15, -0.1) is 0 Å². The molecular weight excluding hydrogens is 222 g/mol. The number of nitrogens with one attached hydrogen (secondary N) is 1. The average molecular weight is 236 g/mol. The summed E-state index contributed by atoms with van der Waals surface area (Å²) in [6, 6.07) is 3.37. The Balaban J connectivity index is 1.92. The average Bonchev–Trinajstić information content (AvgIpc) is 2.33. The minimum atomic E-state index is -0.634. The van der Waals surface area contributed by atoms with Crippen molar-refractivity contribution in [1.29, 1.82) is 0 Å². The molecule has 2 rings (SSSR count). The van der Waals surface area contributed by atoms with Gasteiger partial charge < -0.3 is 0 Å². The van der Waals surface area contributed by atoms with E-state index in [1.165, 1.54) is 12.1 Å². The van der Waals surface area contributed by atoms with Crippen LogP contribution in [0.1, 0.15) is 19.3 Å². The molecule has 0 spiro atoms. The van der Waals surface area contributed by atoms with E-state index in [2.05, 4.69) is 22.7 Å². The molecule has 0 radical (unpaired) electrons. The molecule has 4 heteroatoms. The van der Waals surface area contributed by atoms with Gasteiger partial charge in [-0.1, -0.05) is 12.2 Å². The topological polar surface area (TPSA) is 24.4 Å². The summed E-state index contributed by atoms with van der Waals surface area (Å²) >= 11 is 0. The van der Waals surface area contributed by atoms with Crippen LogP contribution in [0.5, 0.6) is 0 Å². The van der Waals surface area contributed by atoms with Gasteiger partial charge in [0.25, 0.3) is 0 Å². The SMILES string of the molecule is Fc1ccc(N/N=C\[C@H]2CC=CCC2)c(F)c1. The zero-order chi connectivity index (χ0) is 12.1. The summed E-state index contributed by atoms with van der Waals surface area (Å²) in [7, 11) is 0. The van der Waals surface area contributed by atoms with Crippen molar-refractivity contribution in [2.75, 3.05) is 5.43 Å². The Morgan fingerprint density at radius 1 is 1.29 bits per heavy atom. The fourth-order valence-corrected chi connectivity index (χ4v) is 1.74. The third-order valence-electron chi connectivity index (χ3n) is 2.71. The van der Waals surface area contributed by atoms with Crippen LogP contribution >= 0.6 is 0 Å². The van der Waals surface area contributed by atoms with Crippen LogP contribution in [0.15, 0.2) is 35.5 Å². The second-order valence-electron chi connectivity index (χ2n) is 4.06. The normalized spacial score (nSPS) is 19.8. The van der Waals surface area contributed by atoms with E-state index in [1.807, 2.05) is 0 Å². The molecule has 0 fully saturated rings. The van der Waals surface area contributed by atoms with Gasteiger partial charge in [-0.05, 0) is 37.3 Å². The molecule has 0 bridgehead atoms. The Labute approximate surface area is 99.0 Å². The molecular formula is C13H14F2N2. The van der Waals surface area contributed by atoms with Gasteiger partial charge in [0, 0.05) is 12.3 Å². The first-order valence-electron chi connectivity index (χ1n) is 5.65. The Morgan fingerprint density at radius 2 is 2.18 bits per heavy atom. The first kappa shape index (κ1) is 11.8. The lowest BCUT2D eigenvalue weighted by Crippen LogP contribution is -2.05. The summed E-state index contributed by atoms with van der Waals surface area (Å²) < 4.78 is 25.9. The number of halogens is 2. The lowest BCUT2D eigenvalue weighted by atomic mass is 9.96. The molecule has 0 heterocycles. The molecule has 2 nitrogen and oxygen atoms in total. The minimum absolute atomic E-state index is 0.189. The lowest BCUT2D eigenvalue weighted by molar-refractivity contribution is 0.585. The van der Waals surface area contributed by atoms with Gasteiger partial charge >= 0.3 is 0 Å². The zero-order valence-electron chi connectivity index (χ0n) is 9.37. The van der Waals surface area contributed by atoms with E-state index >= 15 is 0 Å². The van der Waals surface area contributed by atoms with Crippen LogP contribution in [-0.4, -0.2) is 6.21 Å². The van der Waals surface area contributed by atoms with E-state index in [9.17, 15) is 8.78 Å².